The van der Waals surface area contributed by atoms with Gasteiger partial charge >= 0.3 is 6.09 Å². The van der Waals surface area contributed by atoms with Crippen LogP contribution >= 0.6 is 0 Å². The zero-order valence-electron chi connectivity index (χ0n) is 21.4. The molecule has 9 heteroatoms. The van der Waals surface area contributed by atoms with Gasteiger partial charge in [-0.15, -0.1) is 0 Å². The summed E-state index contributed by atoms with van der Waals surface area (Å²) < 4.78 is 10.7. The molecule has 2 aliphatic heterocycles. The summed E-state index contributed by atoms with van der Waals surface area (Å²) in [6.07, 6.45) is 1.82. The minimum atomic E-state index is -0.501. The van der Waals surface area contributed by atoms with Gasteiger partial charge in [-0.1, -0.05) is 0 Å². The zero-order valence-corrected chi connectivity index (χ0v) is 21.4. The van der Waals surface area contributed by atoms with Crippen molar-refractivity contribution in [2.45, 2.75) is 52.2 Å². The van der Waals surface area contributed by atoms with Gasteiger partial charge in [0.25, 0.3) is 0 Å². The first-order valence-electron chi connectivity index (χ1n) is 12.3. The number of pyridine rings is 1. The van der Waals surface area contributed by atoms with E-state index in [4.69, 9.17) is 9.47 Å². The van der Waals surface area contributed by atoms with Crippen LogP contribution in [0, 0.1) is 11.3 Å². The molecule has 9 nitrogen and oxygen atoms in total. The Morgan fingerprint density at radius 3 is 2.56 bits per heavy atom. The summed E-state index contributed by atoms with van der Waals surface area (Å²) in [5, 5.41) is 9.65. The van der Waals surface area contributed by atoms with E-state index in [1.54, 1.807) is 12.0 Å². The van der Waals surface area contributed by atoms with Crippen molar-refractivity contribution in [3.8, 4) is 6.07 Å². The predicted octanol–water partition coefficient (Wildman–Crippen LogP) is 2.95. The lowest BCUT2D eigenvalue weighted by molar-refractivity contribution is 0.0240. The number of nitrogens with zero attached hydrogens (tertiary/aromatic N) is 6. The van der Waals surface area contributed by atoms with Gasteiger partial charge in [-0.05, 0) is 53.1 Å². The minimum Gasteiger partial charge on any atom is -0.444 e. The highest BCUT2D eigenvalue weighted by atomic mass is 16.6. The van der Waals surface area contributed by atoms with Crippen LogP contribution in [0.2, 0.25) is 0 Å². The van der Waals surface area contributed by atoms with Crippen LogP contribution < -0.4 is 9.80 Å². The fourth-order valence-electron chi connectivity index (χ4n) is 4.59. The van der Waals surface area contributed by atoms with Crippen molar-refractivity contribution in [2.75, 3.05) is 75.9 Å². The number of anilines is 2. The molecule has 0 aromatic carbocycles. The van der Waals surface area contributed by atoms with Gasteiger partial charge in [0, 0.05) is 77.3 Å². The first kappa shape index (κ1) is 26.0. The molecule has 0 bridgehead atoms. The van der Waals surface area contributed by atoms with Crippen molar-refractivity contribution >= 4 is 17.6 Å². The topological polar surface area (TPSA) is 85.2 Å². The van der Waals surface area contributed by atoms with Crippen molar-refractivity contribution in [3.05, 3.63) is 17.8 Å². The molecule has 0 unspecified atom stereocenters. The molecule has 0 radical (unpaired) electrons. The normalized spacial score (nSPS) is 20.1. The van der Waals surface area contributed by atoms with Crippen LogP contribution in [0.4, 0.5) is 16.3 Å². The largest absolute Gasteiger partial charge is 0.444 e. The fourth-order valence-corrected chi connectivity index (χ4v) is 4.59. The fraction of sp³-hybridized carbons (Fsp3) is 0.720. The smallest absolute Gasteiger partial charge is 0.410 e. The van der Waals surface area contributed by atoms with Gasteiger partial charge in [-0.2, -0.15) is 5.26 Å². The van der Waals surface area contributed by atoms with E-state index in [0.717, 1.165) is 57.1 Å². The lowest BCUT2D eigenvalue weighted by atomic mass is 10.2. The molecule has 3 rings (SSSR count). The van der Waals surface area contributed by atoms with E-state index < -0.39 is 5.60 Å². The Kier molecular flexibility index (Phi) is 8.97. The van der Waals surface area contributed by atoms with Crippen molar-refractivity contribution in [3.63, 3.8) is 0 Å². The molecular weight excluding hydrogens is 432 g/mol. The average molecular weight is 473 g/mol. The Morgan fingerprint density at radius 2 is 1.91 bits per heavy atom. The van der Waals surface area contributed by atoms with Crippen LogP contribution in [0.5, 0.6) is 0 Å². The Hall–Kier alpha value is -2.57. The van der Waals surface area contributed by atoms with Gasteiger partial charge < -0.3 is 29.1 Å². The van der Waals surface area contributed by atoms with E-state index in [9.17, 15) is 10.1 Å². The Bertz CT molecular complexity index is 857. The molecule has 34 heavy (non-hydrogen) atoms. The molecule has 188 valence electrons. The summed E-state index contributed by atoms with van der Waals surface area (Å²) >= 11 is 0. The molecule has 1 amide bonds. The number of hydrogen-bond acceptors (Lipinski definition) is 8. The van der Waals surface area contributed by atoms with Crippen LogP contribution in [0.3, 0.4) is 0 Å². The summed E-state index contributed by atoms with van der Waals surface area (Å²) in [6.45, 7) is 15.2. The summed E-state index contributed by atoms with van der Waals surface area (Å²) in [5.74, 6) is 0.856. The van der Waals surface area contributed by atoms with E-state index in [1.807, 2.05) is 26.8 Å². The average Bonchev–Trinajstić information content (AvgIpc) is 2.98. The van der Waals surface area contributed by atoms with Gasteiger partial charge in [0.15, 0.2) is 0 Å². The second-order valence-corrected chi connectivity index (χ2v) is 10.2. The molecular formula is C25H40N6O3. The van der Waals surface area contributed by atoms with Crippen molar-refractivity contribution in [1.29, 1.82) is 5.26 Å². The number of methoxy groups -OCH3 is 1. The SMILES string of the molecule is COCCCN1CCCN(c2cc(N3CCN(C(=O)OC(C)(C)C)CC3)cc(C#N)n2)[C@@H](C)C1. The van der Waals surface area contributed by atoms with E-state index in [2.05, 4.69) is 38.7 Å². The standard InChI is InChI=1S/C25H40N6O3/c1-20-19-28(9-7-15-33-5)8-6-10-31(20)23-17-22(16-21(18-26)27-23)29-11-13-30(14-12-29)24(32)34-25(2,3)4/h16-17,20H,6-15,19H2,1-5H3/t20-/m0/s1. The predicted molar refractivity (Wildman–Crippen MR) is 133 cm³/mol. The number of nitriles is 1. The number of aromatic nitrogens is 1. The molecule has 1 atom stereocenters. The Labute approximate surface area is 204 Å². The van der Waals surface area contributed by atoms with Crippen molar-refractivity contribution < 1.29 is 14.3 Å². The quantitative estimate of drug-likeness (QED) is 0.584. The first-order valence-corrected chi connectivity index (χ1v) is 12.3. The molecule has 2 saturated heterocycles. The molecule has 2 fully saturated rings. The summed E-state index contributed by atoms with van der Waals surface area (Å²) in [7, 11) is 1.75. The Morgan fingerprint density at radius 1 is 1.18 bits per heavy atom. The molecule has 0 saturated carbocycles. The van der Waals surface area contributed by atoms with Crippen molar-refractivity contribution in [2.24, 2.45) is 0 Å². The molecule has 0 N–H and O–H groups in total. The van der Waals surface area contributed by atoms with Crippen LogP contribution in [-0.2, 0) is 9.47 Å². The maximum atomic E-state index is 12.4. The van der Waals surface area contributed by atoms with E-state index in [-0.39, 0.29) is 6.09 Å². The molecule has 0 aliphatic carbocycles. The summed E-state index contributed by atoms with van der Waals surface area (Å²) in [5.41, 5.74) is 0.910. The second kappa shape index (κ2) is 11.7. The molecule has 1 aromatic rings. The number of amides is 1. The second-order valence-electron chi connectivity index (χ2n) is 10.2. The number of hydrogen-bond donors (Lipinski definition) is 0. The zero-order chi connectivity index (χ0) is 24.7. The third-order valence-corrected chi connectivity index (χ3v) is 6.25. The Balaban J connectivity index is 1.68. The maximum Gasteiger partial charge on any atom is 0.410 e. The highest BCUT2D eigenvalue weighted by Crippen LogP contribution is 2.26. The highest BCUT2D eigenvalue weighted by molar-refractivity contribution is 5.69. The first-order chi connectivity index (χ1) is 16.2. The van der Waals surface area contributed by atoms with Gasteiger partial charge in [0.2, 0.25) is 0 Å². The van der Waals surface area contributed by atoms with Gasteiger partial charge in [0.05, 0.1) is 0 Å². The number of piperazine rings is 1. The van der Waals surface area contributed by atoms with Crippen LogP contribution in [0.15, 0.2) is 12.1 Å². The monoisotopic (exact) mass is 472 g/mol. The lowest BCUT2D eigenvalue weighted by Crippen LogP contribution is -2.50. The van der Waals surface area contributed by atoms with Crippen LogP contribution in [-0.4, -0.2) is 98.6 Å². The summed E-state index contributed by atoms with van der Waals surface area (Å²) in [4.78, 5) is 25.9. The minimum absolute atomic E-state index is 0.270. The van der Waals surface area contributed by atoms with E-state index in [0.29, 0.717) is 37.9 Å². The number of rotatable bonds is 6. The summed E-state index contributed by atoms with van der Waals surface area (Å²) in [6, 6.07) is 6.49. The van der Waals surface area contributed by atoms with Crippen LogP contribution in [0.1, 0.15) is 46.2 Å². The van der Waals surface area contributed by atoms with Gasteiger partial charge in [0.1, 0.15) is 23.2 Å². The van der Waals surface area contributed by atoms with Crippen molar-refractivity contribution in [1.82, 2.24) is 14.8 Å². The molecule has 3 heterocycles. The van der Waals surface area contributed by atoms with Crippen LogP contribution in [0.25, 0.3) is 0 Å². The maximum absolute atomic E-state index is 12.4. The number of ether oxygens (including phenoxy) is 2. The van der Waals surface area contributed by atoms with Gasteiger partial charge in [-0.3, -0.25) is 0 Å². The van der Waals surface area contributed by atoms with E-state index >= 15 is 0 Å². The highest BCUT2D eigenvalue weighted by Gasteiger charge is 2.28. The molecule has 1 aromatic heterocycles. The molecule has 0 spiro atoms. The lowest BCUT2D eigenvalue weighted by Gasteiger charge is -2.37. The van der Waals surface area contributed by atoms with E-state index in [1.165, 1.54) is 0 Å². The third-order valence-electron chi connectivity index (χ3n) is 6.25. The molecule has 2 aliphatic rings. The third kappa shape index (κ3) is 7.21. The number of carbonyl (C=O) groups excluding carboxylic acids is 1. The van der Waals surface area contributed by atoms with Gasteiger partial charge in [-0.25, -0.2) is 9.78 Å². The number of carbonyl (C=O) groups is 1.